The van der Waals surface area contributed by atoms with Gasteiger partial charge in [0.2, 0.25) is 11.9 Å². The summed E-state index contributed by atoms with van der Waals surface area (Å²) in [6.07, 6.45) is 3.77. The minimum atomic E-state index is 0.520. The zero-order chi connectivity index (χ0) is 25.3. The lowest BCUT2D eigenvalue weighted by Crippen LogP contribution is -1.99. The van der Waals surface area contributed by atoms with Crippen LogP contribution in [-0.2, 0) is 0 Å². The minimum absolute atomic E-state index is 0.520. The van der Waals surface area contributed by atoms with Crippen LogP contribution in [0.4, 0.5) is 23.3 Å². The van der Waals surface area contributed by atoms with Gasteiger partial charge in [-0.25, -0.2) is 19.9 Å². The van der Waals surface area contributed by atoms with Crippen molar-refractivity contribution in [3.05, 3.63) is 116 Å². The first-order chi connectivity index (χ1) is 18.8. The molecule has 0 aliphatic carbocycles. The first kappa shape index (κ1) is 21.8. The second-order valence-electron chi connectivity index (χ2n) is 8.80. The minimum Gasteiger partial charge on any atom is -0.326 e. The Kier molecular flexibility index (Phi) is 5.26. The predicted molar refractivity (Wildman–Crippen MR) is 151 cm³/mol. The van der Waals surface area contributed by atoms with Gasteiger partial charge >= 0.3 is 0 Å². The van der Waals surface area contributed by atoms with Crippen molar-refractivity contribution in [2.45, 2.75) is 0 Å². The molecule has 3 aromatic carbocycles. The third kappa shape index (κ3) is 4.10. The van der Waals surface area contributed by atoms with E-state index in [1.165, 1.54) is 0 Å². The number of nitrogens with zero attached hydrogens (tertiary/aromatic N) is 5. The Morgan fingerprint density at radius 2 is 1.45 bits per heavy atom. The number of hydrogen-bond acceptors (Lipinski definition) is 6. The smallest absolute Gasteiger partial charge is 0.227 e. The summed E-state index contributed by atoms with van der Waals surface area (Å²) in [5.41, 5.74) is 7.96. The number of nitrogens with one attached hydrogen (secondary N) is 3. The number of rotatable bonds is 6. The summed E-state index contributed by atoms with van der Waals surface area (Å²) in [4.78, 5) is 22.4. The molecular weight excluding hydrogens is 472 g/mol. The van der Waals surface area contributed by atoms with E-state index >= 15 is 0 Å². The summed E-state index contributed by atoms with van der Waals surface area (Å²) < 4.78 is 2.06. The van der Waals surface area contributed by atoms with Gasteiger partial charge in [-0.3, -0.25) is 4.40 Å². The van der Waals surface area contributed by atoms with Crippen LogP contribution < -0.4 is 10.6 Å². The van der Waals surface area contributed by atoms with E-state index in [1.807, 2.05) is 103 Å². The quantitative estimate of drug-likeness (QED) is 0.235. The highest BCUT2D eigenvalue weighted by atomic mass is 15.1. The average Bonchev–Trinajstić information content (AvgIpc) is 3.55. The van der Waals surface area contributed by atoms with Crippen molar-refractivity contribution in [1.82, 2.24) is 29.3 Å². The van der Waals surface area contributed by atoms with Gasteiger partial charge in [-0.05, 0) is 54.6 Å². The van der Waals surface area contributed by atoms with Crippen LogP contribution in [0.1, 0.15) is 0 Å². The van der Waals surface area contributed by atoms with E-state index in [0.717, 1.165) is 50.7 Å². The molecule has 8 nitrogen and oxygen atoms in total. The molecule has 0 fully saturated rings. The molecule has 0 atom stereocenters. The highest BCUT2D eigenvalue weighted by Crippen LogP contribution is 2.34. The summed E-state index contributed by atoms with van der Waals surface area (Å²) in [6.45, 7) is 0. The van der Waals surface area contributed by atoms with E-state index < -0.39 is 0 Å². The molecule has 0 aliphatic heterocycles. The molecule has 7 aromatic rings. The Morgan fingerprint density at radius 1 is 0.684 bits per heavy atom. The summed E-state index contributed by atoms with van der Waals surface area (Å²) in [5.74, 6) is 1.21. The third-order valence-electron chi connectivity index (χ3n) is 6.25. The molecule has 0 amide bonds. The van der Waals surface area contributed by atoms with Crippen LogP contribution in [0.25, 0.3) is 39.3 Å². The van der Waals surface area contributed by atoms with Crippen LogP contribution in [0.3, 0.4) is 0 Å². The maximum absolute atomic E-state index is 4.99. The molecule has 0 spiro atoms. The molecule has 7 rings (SSSR count). The zero-order valence-corrected chi connectivity index (χ0v) is 20.2. The molecule has 0 saturated heterocycles. The average molecular weight is 495 g/mol. The Labute approximate surface area is 218 Å². The van der Waals surface area contributed by atoms with Gasteiger partial charge < -0.3 is 15.6 Å². The molecule has 0 radical (unpaired) electrons. The fourth-order valence-corrected chi connectivity index (χ4v) is 4.52. The molecule has 0 saturated carbocycles. The molecule has 182 valence electrons. The normalized spacial score (nSPS) is 11.2. The van der Waals surface area contributed by atoms with Crippen LogP contribution >= 0.6 is 0 Å². The lowest BCUT2D eigenvalue weighted by Gasteiger charge is -2.08. The van der Waals surface area contributed by atoms with E-state index in [2.05, 4.69) is 31.1 Å². The number of aromatic nitrogens is 6. The van der Waals surface area contributed by atoms with Crippen LogP contribution in [0, 0.1) is 0 Å². The van der Waals surface area contributed by atoms with E-state index in [1.54, 1.807) is 6.20 Å². The topological polar surface area (TPSA) is 95.8 Å². The predicted octanol–water partition coefficient (Wildman–Crippen LogP) is 6.82. The maximum atomic E-state index is 4.99. The number of H-pyrrole nitrogens is 1. The van der Waals surface area contributed by atoms with Crippen LogP contribution in [0.2, 0.25) is 0 Å². The number of para-hydroxylation sites is 2. The number of fused-ring (bicyclic) bond motifs is 2. The van der Waals surface area contributed by atoms with Gasteiger partial charge in [0.25, 0.3) is 0 Å². The Hall–Kier alpha value is -5.50. The number of benzene rings is 3. The van der Waals surface area contributed by atoms with Crippen LogP contribution in [-0.4, -0.2) is 29.3 Å². The number of imidazole rings is 2. The van der Waals surface area contributed by atoms with Crippen molar-refractivity contribution in [2.75, 3.05) is 10.6 Å². The second-order valence-corrected chi connectivity index (χ2v) is 8.80. The first-order valence-corrected chi connectivity index (χ1v) is 12.2. The highest BCUT2D eigenvalue weighted by molar-refractivity contribution is 5.88. The van der Waals surface area contributed by atoms with Gasteiger partial charge in [-0.2, -0.15) is 0 Å². The van der Waals surface area contributed by atoms with Crippen molar-refractivity contribution in [3.63, 3.8) is 0 Å². The maximum Gasteiger partial charge on any atom is 0.227 e. The van der Waals surface area contributed by atoms with Crippen molar-refractivity contribution < 1.29 is 0 Å². The van der Waals surface area contributed by atoms with Gasteiger partial charge in [-0.1, -0.05) is 48.5 Å². The standard InChI is InChI=1S/C30H22N8/c1-3-9-21(10-4-1)32-29-31-17-16-24(35-29)28-27(37-26-13-7-8-18-38(26)28)20-14-15-23-25(19-20)36-30(34-23)33-22-11-5-2-6-12-22/h1-19H,(H,31,32,35)(H2,33,34,36). The van der Waals surface area contributed by atoms with Gasteiger partial charge in [-0.15, -0.1) is 0 Å². The molecule has 38 heavy (non-hydrogen) atoms. The number of aromatic amines is 1. The molecule has 3 N–H and O–H groups in total. The van der Waals surface area contributed by atoms with Crippen molar-refractivity contribution in [3.8, 4) is 22.6 Å². The van der Waals surface area contributed by atoms with Crippen molar-refractivity contribution in [1.29, 1.82) is 0 Å². The van der Waals surface area contributed by atoms with E-state index in [0.29, 0.717) is 11.9 Å². The van der Waals surface area contributed by atoms with Crippen molar-refractivity contribution in [2.24, 2.45) is 0 Å². The summed E-state index contributed by atoms with van der Waals surface area (Å²) in [6, 6.07) is 33.9. The summed E-state index contributed by atoms with van der Waals surface area (Å²) >= 11 is 0. The SMILES string of the molecule is c1ccc(Nc2nccc(-c3c(-c4ccc5nc(Nc6ccccc6)[nH]c5c4)nc4ccccn34)n2)cc1. The Morgan fingerprint density at radius 3 is 2.26 bits per heavy atom. The van der Waals surface area contributed by atoms with Crippen molar-refractivity contribution >= 4 is 40.0 Å². The van der Waals surface area contributed by atoms with E-state index in [9.17, 15) is 0 Å². The third-order valence-corrected chi connectivity index (χ3v) is 6.25. The zero-order valence-electron chi connectivity index (χ0n) is 20.2. The first-order valence-electron chi connectivity index (χ1n) is 12.2. The fraction of sp³-hybridized carbons (Fsp3) is 0. The number of pyridine rings is 1. The molecule has 0 unspecified atom stereocenters. The van der Waals surface area contributed by atoms with Crippen LogP contribution in [0.15, 0.2) is 116 Å². The van der Waals surface area contributed by atoms with Gasteiger partial charge in [0, 0.05) is 29.3 Å². The molecule has 0 aliphatic rings. The van der Waals surface area contributed by atoms with Gasteiger partial charge in [0.1, 0.15) is 5.65 Å². The Bertz CT molecular complexity index is 1870. The number of anilines is 4. The molecule has 4 aromatic heterocycles. The van der Waals surface area contributed by atoms with Gasteiger partial charge in [0.05, 0.1) is 28.1 Å². The molecule has 8 heteroatoms. The molecule has 0 bridgehead atoms. The van der Waals surface area contributed by atoms with E-state index in [4.69, 9.17) is 15.0 Å². The Balaban J connectivity index is 1.31. The second kappa shape index (κ2) is 9.18. The number of hydrogen-bond donors (Lipinski definition) is 3. The molecule has 4 heterocycles. The van der Waals surface area contributed by atoms with Crippen LogP contribution in [0.5, 0.6) is 0 Å². The van der Waals surface area contributed by atoms with E-state index in [-0.39, 0.29) is 0 Å². The monoisotopic (exact) mass is 494 g/mol. The summed E-state index contributed by atoms with van der Waals surface area (Å²) in [7, 11) is 0. The fourth-order valence-electron chi connectivity index (χ4n) is 4.52. The highest BCUT2D eigenvalue weighted by Gasteiger charge is 2.18. The molecular formula is C30H22N8. The summed E-state index contributed by atoms with van der Waals surface area (Å²) in [5, 5.41) is 6.62. The lowest BCUT2D eigenvalue weighted by atomic mass is 10.1. The lowest BCUT2D eigenvalue weighted by molar-refractivity contribution is 1.13. The largest absolute Gasteiger partial charge is 0.326 e. The van der Waals surface area contributed by atoms with Gasteiger partial charge in [0.15, 0.2) is 0 Å².